The van der Waals surface area contributed by atoms with Gasteiger partial charge in [-0.2, -0.15) is 0 Å². The molecule has 0 spiro atoms. The molecule has 3 atom stereocenters. The van der Waals surface area contributed by atoms with Gasteiger partial charge in [0.1, 0.15) is 23.0 Å². The molecule has 12 nitrogen and oxygen atoms in total. The zero-order chi connectivity index (χ0) is 32.4. The fourth-order valence-electron chi connectivity index (χ4n) is 3.67. The van der Waals surface area contributed by atoms with Crippen LogP contribution in [0, 0.1) is 5.92 Å². The number of benzene rings is 2. The van der Waals surface area contributed by atoms with Crippen LogP contribution in [0.2, 0.25) is 0 Å². The number of ether oxygens (including phenoxy) is 6. The standard InChI is InChI=1S/C31H41NO11/c1-8-30(4,5)42-28(36)40-22-16-15-20(17-23(22)41-29(37)43-31(6,7)9-2)24(25(32)26(33)34)19(3)18-38-27(35)39-21-13-11-10-12-14-21/h10-17,19,24-25H,8-9,18,32H2,1-7H3,(H,33,34)/t19?,24?,25-/m0/s1. The molecule has 0 aliphatic heterocycles. The van der Waals surface area contributed by atoms with E-state index in [1.54, 1.807) is 65.0 Å². The third kappa shape index (κ3) is 11.1. The maximum Gasteiger partial charge on any atom is 0.514 e. The van der Waals surface area contributed by atoms with Crippen molar-refractivity contribution in [2.45, 2.75) is 84.5 Å². The third-order valence-corrected chi connectivity index (χ3v) is 6.85. The van der Waals surface area contributed by atoms with Gasteiger partial charge in [-0.3, -0.25) is 4.79 Å². The van der Waals surface area contributed by atoms with Crippen molar-refractivity contribution in [3.8, 4) is 17.2 Å². The van der Waals surface area contributed by atoms with Crippen molar-refractivity contribution in [3.05, 3.63) is 54.1 Å². The normalized spacial score (nSPS) is 13.6. The molecule has 0 saturated heterocycles. The smallest absolute Gasteiger partial charge is 0.480 e. The second kappa shape index (κ2) is 15.2. The number of rotatable bonds is 13. The lowest BCUT2D eigenvalue weighted by atomic mass is 9.82. The van der Waals surface area contributed by atoms with Crippen molar-refractivity contribution in [1.82, 2.24) is 0 Å². The second-order valence-electron chi connectivity index (χ2n) is 11.2. The number of carboxylic acids is 1. The lowest BCUT2D eigenvalue weighted by Gasteiger charge is -2.28. The number of carbonyl (C=O) groups is 4. The van der Waals surface area contributed by atoms with Gasteiger partial charge in [-0.1, -0.05) is 45.0 Å². The fourth-order valence-corrected chi connectivity index (χ4v) is 3.67. The van der Waals surface area contributed by atoms with E-state index in [2.05, 4.69) is 0 Å². The minimum Gasteiger partial charge on any atom is -0.480 e. The summed E-state index contributed by atoms with van der Waals surface area (Å²) in [4.78, 5) is 49.4. The average molecular weight is 604 g/mol. The summed E-state index contributed by atoms with van der Waals surface area (Å²) in [6.07, 6.45) is -2.09. The Hall–Kier alpha value is -4.32. The maximum absolute atomic E-state index is 12.7. The first kappa shape index (κ1) is 34.9. The molecule has 0 heterocycles. The van der Waals surface area contributed by atoms with Crippen LogP contribution in [0.4, 0.5) is 14.4 Å². The van der Waals surface area contributed by atoms with Crippen LogP contribution >= 0.6 is 0 Å². The molecule has 0 bridgehead atoms. The number of hydrogen-bond donors (Lipinski definition) is 2. The van der Waals surface area contributed by atoms with E-state index < -0.39 is 53.5 Å². The molecule has 0 aliphatic carbocycles. The van der Waals surface area contributed by atoms with Gasteiger partial charge in [-0.25, -0.2) is 14.4 Å². The molecular weight excluding hydrogens is 562 g/mol. The summed E-state index contributed by atoms with van der Waals surface area (Å²) in [5, 5.41) is 9.76. The minimum absolute atomic E-state index is 0.176. The molecular formula is C31H41NO11. The quantitative estimate of drug-likeness (QED) is 0.146. The van der Waals surface area contributed by atoms with Crippen molar-refractivity contribution in [3.63, 3.8) is 0 Å². The van der Waals surface area contributed by atoms with Gasteiger partial charge in [0.25, 0.3) is 0 Å². The molecule has 0 saturated carbocycles. The molecule has 0 fully saturated rings. The molecule has 3 N–H and O–H groups in total. The van der Waals surface area contributed by atoms with Crippen molar-refractivity contribution >= 4 is 24.4 Å². The number of hydrogen-bond acceptors (Lipinski definition) is 11. The van der Waals surface area contributed by atoms with E-state index in [-0.39, 0.29) is 23.9 Å². The van der Waals surface area contributed by atoms with Gasteiger partial charge in [-0.05, 0) is 76.3 Å². The van der Waals surface area contributed by atoms with Gasteiger partial charge in [0.2, 0.25) is 0 Å². The number of para-hydroxylation sites is 1. The van der Waals surface area contributed by atoms with Crippen LogP contribution in [-0.4, -0.2) is 53.4 Å². The van der Waals surface area contributed by atoms with Crippen molar-refractivity contribution in [1.29, 1.82) is 0 Å². The van der Waals surface area contributed by atoms with Gasteiger partial charge >= 0.3 is 24.4 Å². The molecule has 2 aromatic carbocycles. The van der Waals surface area contributed by atoms with E-state index >= 15 is 0 Å². The van der Waals surface area contributed by atoms with Gasteiger partial charge in [-0.15, -0.1) is 0 Å². The summed E-state index contributed by atoms with van der Waals surface area (Å²) in [5.74, 6) is -3.07. The summed E-state index contributed by atoms with van der Waals surface area (Å²) in [5.41, 5.74) is 4.70. The van der Waals surface area contributed by atoms with Crippen LogP contribution in [0.1, 0.15) is 72.8 Å². The summed E-state index contributed by atoms with van der Waals surface area (Å²) < 4.78 is 31.9. The molecule has 0 radical (unpaired) electrons. The molecule has 2 unspecified atom stereocenters. The molecule has 2 rings (SSSR count). The molecule has 12 heteroatoms. The number of carboxylic acid groups (broad SMARTS) is 1. The summed E-state index contributed by atoms with van der Waals surface area (Å²) in [6.45, 7) is 11.8. The zero-order valence-electron chi connectivity index (χ0n) is 25.6. The summed E-state index contributed by atoms with van der Waals surface area (Å²) in [7, 11) is 0. The van der Waals surface area contributed by atoms with E-state index in [4.69, 9.17) is 34.2 Å². The topological polar surface area (TPSA) is 170 Å². The minimum atomic E-state index is -1.45. The van der Waals surface area contributed by atoms with Crippen LogP contribution in [-0.2, 0) is 19.0 Å². The maximum atomic E-state index is 12.7. The first-order valence-electron chi connectivity index (χ1n) is 13.9. The number of nitrogens with two attached hydrogens (primary N) is 1. The predicted octanol–water partition coefficient (Wildman–Crippen LogP) is 6.44. The Balaban J connectivity index is 2.38. The molecule has 0 aliphatic rings. The SMILES string of the molecule is CCC(C)(C)OC(=O)Oc1ccc(C(C(C)COC(=O)Oc2ccccc2)[C@H](N)C(=O)O)cc1OC(=O)OC(C)(C)CC. The van der Waals surface area contributed by atoms with Crippen molar-refractivity contribution in [2.24, 2.45) is 11.7 Å². The van der Waals surface area contributed by atoms with E-state index in [1.165, 1.54) is 18.2 Å². The Labute approximate surface area is 251 Å². The highest BCUT2D eigenvalue weighted by Crippen LogP contribution is 2.36. The highest BCUT2D eigenvalue weighted by atomic mass is 16.8. The van der Waals surface area contributed by atoms with E-state index in [0.29, 0.717) is 18.4 Å². The number of carbonyl (C=O) groups excluding carboxylic acids is 3. The molecule has 0 aromatic heterocycles. The summed E-state index contributed by atoms with van der Waals surface area (Å²) in [6, 6.07) is 10.9. The van der Waals surface area contributed by atoms with Crippen LogP contribution in [0.15, 0.2) is 48.5 Å². The Bertz CT molecular complexity index is 1260. The van der Waals surface area contributed by atoms with Gasteiger partial charge in [0.05, 0.1) is 6.61 Å². The zero-order valence-corrected chi connectivity index (χ0v) is 25.6. The van der Waals surface area contributed by atoms with Crippen molar-refractivity contribution < 1.29 is 52.7 Å². The van der Waals surface area contributed by atoms with Gasteiger partial charge < -0.3 is 39.3 Å². The lowest BCUT2D eigenvalue weighted by molar-refractivity contribution is -0.139. The monoisotopic (exact) mass is 603 g/mol. The predicted molar refractivity (Wildman–Crippen MR) is 155 cm³/mol. The van der Waals surface area contributed by atoms with Crippen LogP contribution in [0.25, 0.3) is 0 Å². The highest BCUT2D eigenvalue weighted by molar-refractivity contribution is 5.75. The van der Waals surface area contributed by atoms with Gasteiger partial charge in [0, 0.05) is 5.92 Å². The van der Waals surface area contributed by atoms with E-state index in [0.717, 1.165) is 0 Å². The van der Waals surface area contributed by atoms with Crippen LogP contribution < -0.4 is 19.9 Å². The fraction of sp³-hybridized carbons (Fsp3) is 0.484. The van der Waals surface area contributed by atoms with Crippen molar-refractivity contribution in [2.75, 3.05) is 6.61 Å². The molecule has 2 aromatic rings. The molecule has 236 valence electrons. The Morgan fingerprint density at radius 1 is 0.791 bits per heavy atom. The Morgan fingerprint density at radius 2 is 1.33 bits per heavy atom. The molecule has 43 heavy (non-hydrogen) atoms. The van der Waals surface area contributed by atoms with Crippen LogP contribution in [0.5, 0.6) is 17.2 Å². The second-order valence-corrected chi connectivity index (χ2v) is 11.2. The third-order valence-electron chi connectivity index (χ3n) is 6.85. The Morgan fingerprint density at radius 3 is 1.84 bits per heavy atom. The van der Waals surface area contributed by atoms with E-state index in [1.807, 2.05) is 13.8 Å². The lowest BCUT2D eigenvalue weighted by Crippen LogP contribution is -2.40. The number of aliphatic carboxylic acids is 1. The Kier molecular flexibility index (Phi) is 12.4. The summed E-state index contributed by atoms with van der Waals surface area (Å²) >= 11 is 0. The van der Waals surface area contributed by atoms with Crippen LogP contribution in [0.3, 0.4) is 0 Å². The van der Waals surface area contributed by atoms with Gasteiger partial charge in [0.15, 0.2) is 11.5 Å². The first-order valence-corrected chi connectivity index (χ1v) is 13.9. The molecule has 0 amide bonds. The largest absolute Gasteiger partial charge is 0.514 e. The average Bonchev–Trinajstić information content (AvgIpc) is 2.93. The van der Waals surface area contributed by atoms with E-state index in [9.17, 15) is 24.3 Å². The highest BCUT2D eigenvalue weighted by Gasteiger charge is 2.33. The first-order chi connectivity index (χ1) is 20.1.